The van der Waals surface area contributed by atoms with Gasteiger partial charge < -0.3 is 0 Å². The fourth-order valence-electron chi connectivity index (χ4n) is 2.34. The Morgan fingerprint density at radius 2 is 1.67 bits per heavy atom. The lowest BCUT2D eigenvalue weighted by Gasteiger charge is -2.18. The molecular formula is C17H11F3N4. The Morgan fingerprint density at radius 1 is 1.00 bits per heavy atom. The molecule has 0 unspecified atom stereocenters. The monoisotopic (exact) mass is 328 g/mol. The van der Waals surface area contributed by atoms with Gasteiger partial charge in [-0.1, -0.05) is 18.2 Å². The van der Waals surface area contributed by atoms with Gasteiger partial charge in [0.1, 0.15) is 0 Å². The van der Waals surface area contributed by atoms with Crippen molar-refractivity contribution in [2.24, 2.45) is 0 Å². The van der Waals surface area contributed by atoms with Gasteiger partial charge in [0, 0.05) is 0 Å². The highest BCUT2D eigenvalue weighted by Crippen LogP contribution is 2.34. The Morgan fingerprint density at radius 3 is 2.29 bits per heavy atom. The van der Waals surface area contributed by atoms with Gasteiger partial charge in [-0.25, -0.2) is 14.9 Å². The van der Waals surface area contributed by atoms with E-state index < -0.39 is 11.7 Å². The van der Waals surface area contributed by atoms with Crippen molar-refractivity contribution >= 4 is 22.5 Å². The number of benzene rings is 2. The van der Waals surface area contributed by atoms with Gasteiger partial charge in [-0.15, -0.1) is 0 Å². The molecule has 0 amide bonds. The van der Waals surface area contributed by atoms with Gasteiger partial charge in [0.15, 0.2) is 12.0 Å². The number of aromatic nitrogens is 2. The summed E-state index contributed by atoms with van der Waals surface area (Å²) in [5.74, 6) is 0.204. The average molecular weight is 328 g/mol. The highest BCUT2D eigenvalue weighted by molar-refractivity contribution is 5.78. The van der Waals surface area contributed by atoms with Crippen molar-refractivity contribution in [3.05, 3.63) is 59.8 Å². The lowest BCUT2D eigenvalue weighted by molar-refractivity contribution is -0.137. The van der Waals surface area contributed by atoms with Crippen LogP contribution in [0, 0.1) is 18.4 Å². The molecule has 2 aromatic carbocycles. The largest absolute Gasteiger partial charge is 0.416 e. The third-order valence-corrected chi connectivity index (χ3v) is 3.46. The van der Waals surface area contributed by atoms with Crippen molar-refractivity contribution in [3.8, 4) is 6.19 Å². The van der Waals surface area contributed by atoms with Gasteiger partial charge in [-0.2, -0.15) is 18.4 Å². The zero-order valence-corrected chi connectivity index (χ0v) is 12.5. The van der Waals surface area contributed by atoms with E-state index in [0.29, 0.717) is 16.7 Å². The SMILES string of the molecule is Cc1nc2ccccc2nc1N(C#N)c1cccc(C(F)(F)F)c1. The Labute approximate surface area is 135 Å². The summed E-state index contributed by atoms with van der Waals surface area (Å²) in [6, 6.07) is 11.6. The normalized spacial score (nSPS) is 11.3. The fourth-order valence-corrected chi connectivity index (χ4v) is 2.34. The molecule has 4 nitrogen and oxygen atoms in total. The van der Waals surface area contributed by atoms with E-state index in [1.165, 1.54) is 12.1 Å². The zero-order chi connectivity index (χ0) is 17.3. The first kappa shape index (κ1) is 15.7. The number of aryl methyl sites for hydroxylation is 1. The van der Waals surface area contributed by atoms with Crippen molar-refractivity contribution in [3.63, 3.8) is 0 Å². The first-order chi connectivity index (χ1) is 11.4. The van der Waals surface area contributed by atoms with E-state index in [1.807, 2.05) is 12.3 Å². The van der Waals surface area contributed by atoms with E-state index in [4.69, 9.17) is 0 Å². The minimum atomic E-state index is -4.48. The molecule has 3 rings (SSSR count). The van der Waals surface area contributed by atoms with E-state index in [9.17, 15) is 18.4 Å². The minimum Gasteiger partial charge on any atom is -0.248 e. The van der Waals surface area contributed by atoms with Crippen LogP contribution in [-0.4, -0.2) is 9.97 Å². The van der Waals surface area contributed by atoms with Crippen molar-refractivity contribution in [2.45, 2.75) is 13.1 Å². The van der Waals surface area contributed by atoms with Crippen LogP contribution in [0.15, 0.2) is 48.5 Å². The van der Waals surface area contributed by atoms with E-state index in [2.05, 4.69) is 9.97 Å². The zero-order valence-electron chi connectivity index (χ0n) is 12.5. The van der Waals surface area contributed by atoms with E-state index in [0.717, 1.165) is 17.0 Å². The van der Waals surface area contributed by atoms with Crippen LogP contribution in [0.25, 0.3) is 11.0 Å². The molecule has 0 atom stereocenters. The summed E-state index contributed by atoms with van der Waals surface area (Å²) < 4.78 is 38.7. The number of fused-ring (bicyclic) bond motifs is 1. The number of anilines is 2. The second-order valence-electron chi connectivity index (χ2n) is 5.10. The maximum atomic E-state index is 12.9. The van der Waals surface area contributed by atoms with Gasteiger partial charge >= 0.3 is 6.18 Å². The van der Waals surface area contributed by atoms with Crippen LogP contribution in [0.1, 0.15) is 11.3 Å². The van der Waals surface area contributed by atoms with Crippen LogP contribution in [0.5, 0.6) is 0 Å². The molecule has 1 aromatic heterocycles. The quantitative estimate of drug-likeness (QED) is 0.510. The smallest absolute Gasteiger partial charge is 0.248 e. The Bertz CT molecular complexity index is 944. The molecule has 0 bridgehead atoms. The van der Waals surface area contributed by atoms with Gasteiger partial charge in [-0.05, 0) is 37.3 Å². The predicted octanol–water partition coefficient (Wildman–Crippen LogP) is 4.58. The third kappa shape index (κ3) is 2.86. The second kappa shape index (κ2) is 5.81. The van der Waals surface area contributed by atoms with E-state index in [1.54, 1.807) is 25.1 Å². The summed E-state index contributed by atoms with van der Waals surface area (Å²) in [6.45, 7) is 1.66. The van der Waals surface area contributed by atoms with Crippen LogP contribution in [0.4, 0.5) is 24.7 Å². The molecule has 0 radical (unpaired) electrons. The minimum absolute atomic E-state index is 0.0833. The van der Waals surface area contributed by atoms with Crippen LogP contribution in [-0.2, 0) is 6.18 Å². The molecule has 0 N–H and O–H groups in total. The molecule has 120 valence electrons. The predicted molar refractivity (Wildman–Crippen MR) is 83.5 cm³/mol. The highest BCUT2D eigenvalue weighted by atomic mass is 19.4. The number of hydrogen-bond donors (Lipinski definition) is 0. The molecule has 0 aliphatic carbocycles. The van der Waals surface area contributed by atoms with Gasteiger partial charge in [-0.3, -0.25) is 0 Å². The van der Waals surface area contributed by atoms with Crippen molar-refractivity contribution in [2.75, 3.05) is 4.90 Å². The summed E-state index contributed by atoms with van der Waals surface area (Å²) in [5.41, 5.74) is 0.922. The second-order valence-corrected chi connectivity index (χ2v) is 5.10. The molecule has 0 saturated heterocycles. The molecule has 3 aromatic rings. The number of para-hydroxylation sites is 2. The van der Waals surface area contributed by atoms with E-state index in [-0.39, 0.29) is 11.5 Å². The summed E-state index contributed by atoms with van der Waals surface area (Å²) in [7, 11) is 0. The number of alkyl halides is 3. The molecular weight excluding hydrogens is 317 g/mol. The van der Waals surface area contributed by atoms with Crippen molar-refractivity contribution in [1.29, 1.82) is 5.26 Å². The fraction of sp³-hybridized carbons (Fsp3) is 0.118. The summed E-state index contributed by atoms with van der Waals surface area (Å²) in [5, 5.41) is 9.45. The highest BCUT2D eigenvalue weighted by Gasteiger charge is 2.31. The lowest BCUT2D eigenvalue weighted by atomic mass is 10.2. The van der Waals surface area contributed by atoms with Gasteiger partial charge in [0.2, 0.25) is 0 Å². The van der Waals surface area contributed by atoms with Crippen LogP contribution < -0.4 is 4.90 Å². The standard InChI is InChI=1S/C17H11F3N4/c1-11-16(23-15-8-3-2-7-14(15)22-11)24(10-21)13-6-4-5-12(9-13)17(18,19)20/h2-9H,1H3. The summed E-state index contributed by atoms with van der Waals surface area (Å²) >= 11 is 0. The van der Waals surface area contributed by atoms with Crippen LogP contribution in [0.3, 0.4) is 0 Å². The number of hydrogen-bond acceptors (Lipinski definition) is 4. The average Bonchev–Trinajstić information content (AvgIpc) is 2.55. The van der Waals surface area contributed by atoms with Gasteiger partial charge in [0.25, 0.3) is 0 Å². The number of halogens is 3. The van der Waals surface area contributed by atoms with E-state index >= 15 is 0 Å². The molecule has 0 saturated carbocycles. The lowest BCUT2D eigenvalue weighted by Crippen LogP contribution is -2.14. The first-order valence-electron chi connectivity index (χ1n) is 7.00. The number of nitriles is 1. The number of rotatable bonds is 2. The molecule has 0 spiro atoms. The van der Waals surface area contributed by atoms with Crippen LogP contribution in [0.2, 0.25) is 0 Å². The molecule has 0 aliphatic rings. The third-order valence-electron chi connectivity index (χ3n) is 3.46. The summed E-state index contributed by atoms with van der Waals surface area (Å²) in [4.78, 5) is 9.78. The molecule has 1 heterocycles. The maximum absolute atomic E-state index is 12.9. The number of nitrogens with zero attached hydrogens (tertiary/aromatic N) is 4. The maximum Gasteiger partial charge on any atom is 0.416 e. The Balaban J connectivity index is 2.13. The molecule has 0 fully saturated rings. The van der Waals surface area contributed by atoms with Crippen molar-refractivity contribution < 1.29 is 13.2 Å². The Kier molecular flexibility index (Phi) is 3.81. The summed E-state index contributed by atoms with van der Waals surface area (Å²) in [6.07, 6.45) is -2.60. The molecule has 0 aliphatic heterocycles. The Hall–Kier alpha value is -3.14. The topological polar surface area (TPSA) is 52.8 Å². The van der Waals surface area contributed by atoms with Crippen LogP contribution >= 0.6 is 0 Å². The molecule has 24 heavy (non-hydrogen) atoms. The molecule has 7 heteroatoms. The first-order valence-corrected chi connectivity index (χ1v) is 7.00. The van der Waals surface area contributed by atoms with Crippen molar-refractivity contribution in [1.82, 2.24) is 9.97 Å². The van der Waals surface area contributed by atoms with Gasteiger partial charge in [0.05, 0.1) is 28.0 Å².